The van der Waals surface area contributed by atoms with E-state index in [2.05, 4.69) is 17.6 Å². The molecule has 2 rings (SSSR count). The Morgan fingerprint density at radius 3 is 2.33 bits per heavy atom. The van der Waals surface area contributed by atoms with Crippen LogP contribution in [0.4, 0.5) is 11.4 Å². The van der Waals surface area contributed by atoms with Crippen LogP contribution in [-0.4, -0.2) is 30.2 Å². The summed E-state index contributed by atoms with van der Waals surface area (Å²) in [6.45, 7) is 10.3. The van der Waals surface area contributed by atoms with Crippen molar-refractivity contribution in [3.8, 4) is 11.5 Å². The summed E-state index contributed by atoms with van der Waals surface area (Å²) in [5, 5.41) is 16.3. The van der Waals surface area contributed by atoms with Gasteiger partial charge in [0.2, 0.25) is 5.91 Å². The van der Waals surface area contributed by atoms with Crippen molar-refractivity contribution in [2.24, 2.45) is 11.3 Å². The molecule has 0 radical (unpaired) electrons. The van der Waals surface area contributed by atoms with Crippen LogP contribution in [0.5, 0.6) is 11.5 Å². The molecule has 0 aromatic heterocycles. The average molecular weight is 519 g/mol. The highest BCUT2D eigenvalue weighted by molar-refractivity contribution is 6.31. The van der Waals surface area contributed by atoms with Gasteiger partial charge in [-0.05, 0) is 56.5 Å². The lowest BCUT2D eigenvalue weighted by Crippen LogP contribution is -2.36. The summed E-state index contributed by atoms with van der Waals surface area (Å²) in [5.41, 5.74) is 1.25. The van der Waals surface area contributed by atoms with Gasteiger partial charge in [-0.1, -0.05) is 44.4 Å². The summed E-state index contributed by atoms with van der Waals surface area (Å²) in [4.78, 5) is 23.4. The van der Waals surface area contributed by atoms with E-state index in [1.54, 1.807) is 32.0 Å². The predicted octanol–water partition coefficient (Wildman–Crippen LogP) is 7.00. The van der Waals surface area contributed by atoms with Gasteiger partial charge in [0, 0.05) is 30.5 Å². The van der Waals surface area contributed by atoms with Crippen LogP contribution in [0, 0.1) is 11.3 Å². The number of anilines is 2. The molecule has 7 nitrogen and oxygen atoms in total. The Morgan fingerprint density at radius 2 is 1.72 bits per heavy atom. The van der Waals surface area contributed by atoms with Crippen molar-refractivity contribution < 1.29 is 24.2 Å². The fraction of sp³-hybridized carbons (Fsp3) is 0.500. The molecule has 2 aromatic carbocycles. The maximum absolute atomic E-state index is 11.7. The molecule has 8 heteroatoms. The molecule has 3 N–H and O–H groups in total. The summed E-state index contributed by atoms with van der Waals surface area (Å²) in [6, 6.07) is 10.9. The van der Waals surface area contributed by atoms with Crippen molar-refractivity contribution >= 4 is 34.9 Å². The highest BCUT2D eigenvalue weighted by Crippen LogP contribution is 2.33. The zero-order valence-corrected chi connectivity index (χ0v) is 22.7. The number of carbonyl (C=O) groups excluding carboxylic acids is 1. The van der Waals surface area contributed by atoms with Crippen molar-refractivity contribution in [3.63, 3.8) is 0 Å². The smallest absolute Gasteiger partial charge is 0.309 e. The second-order valence-corrected chi connectivity index (χ2v) is 9.90. The lowest BCUT2D eigenvalue weighted by Gasteiger charge is -2.29. The molecule has 0 bridgehead atoms. The Hall–Kier alpha value is -2.93. The SMILES string of the molecule is CCCCCOc1ccc(CNc2cc(OCC(CC)C(C)(C)C(=O)O)ccc2NC(C)=O)c(Cl)c1. The van der Waals surface area contributed by atoms with Gasteiger partial charge < -0.3 is 25.2 Å². The zero-order chi connectivity index (χ0) is 26.7. The van der Waals surface area contributed by atoms with Gasteiger partial charge in [-0.25, -0.2) is 0 Å². The number of halogens is 1. The van der Waals surface area contributed by atoms with E-state index in [9.17, 15) is 14.7 Å². The Kier molecular flexibility index (Phi) is 11.4. The van der Waals surface area contributed by atoms with E-state index in [4.69, 9.17) is 21.1 Å². The summed E-state index contributed by atoms with van der Waals surface area (Å²) in [6.07, 6.45) is 3.95. The Balaban J connectivity index is 2.13. The number of carboxylic acids is 1. The largest absolute Gasteiger partial charge is 0.494 e. The van der Waals surface area contributed by atoms with Crippen LogP contribution in [0.15, 0.2) is 36.4 Å². The number of unbranched alkanes of at least 4 members (excludes halogenated alkanes) is 2. The Bertz CT molecular complexity index is 1020. The Labute approximate surface area is 219 Å². The van der Waals surface area contributed by atoms with E-state index in [1.165, 1.54) is 6.92 Å². The fourth-order valence-corrected chi connectivity index (χ4v) is 4.00. The first-order chi connectivity index (χ1) is 17.1. The molecule has 0 saturated carbocycles. The van der Waals surface area contributed by atoms with Crippen molar-refractivity contribution in [2.45, 2.75) is 66.8 Å². The Morgan fingerprint density at radius 1 is 1.03 bits per heavy atom. The van der Waals surface area contributed by atoms with Crippen molar-refractivity contribution in [1.29, 1.82) is 0 Å². The quantitative estimate of drug-likeness (QED) is 0.220. The maximum atomic E-state index is 11.7. The molecule has 1 amide bonds. The van der Waals surface area contributed by atoms with Crippen LogP contribution in [-0.2, 0) is 16.1 Å². The highest BCUT2D eigenvalue weighted by Gasteiger charge is 2.36. The maximum Gasteiger partial charge on any atom is 0.309 e. The van der Waals surface area contributed by atoms with Gasteiger partial charge >= 0.3 is 5.97 Å². The minimum atomic E-state index is -0.908. The van der Waals surface area contributed by atoms with Crippen molar-refractivity contribution in [1.82, 2.24) is 0 Å². The normalized spacial score (nSPS) is 12.1. The van der Waals surface area contributed by atoms with Gasteiger partial charge in [-0.15, -0.1) is 0 Å². The molecule has 2 aromatic rings. The van der Waals surface area contributed by atoms with Gasteiger partial charge in [0.05, 0.1) is 30.0 Å². The predicted molar refractivity (Wildman–Crippen MR) is 145 cm³/mol. The van der Waals surface area contributed by atoms with Gasteiger partial charge in [-0.3, -0.25) is 9.59 Å². The number of aliphatic carboxylic acids is 1. The van der Waals surface area contributed by atoms with E-state index in [0.29, 0.717) is 41.7 Å². The van der Waals surface area contributed by atoms with E-state index in [1.807, 2.05) is 25.1 Å². The van der Waals surface area contributed by atoms with Crippen molar-refractivity contribution in [2.75, 3.05) is 23.8 Å². The van der Waals surface area contributed by atoms with E-state index >= 15 is 0 Å². The molecule has 0 aliphatic rings. The first-order valence-electron chi connectivity index (χ1n) is 12.5. The summed E-state index contributed by atoms with van der Waals surface area (Å²) < 4.78 is 11.8. The summed E-state index contributed by atoms with van der Waals surface area (Å²) >= 11 is 6.50. The number of hydrogen-bond donors (Lipinski definition) is 3. The number of nitrogens with one attached hydrogen (secondary N) is 2. The molecule has 1 atom stereocenters. The third-order valence-corrected chi connectivity index (χ3v) is 6.68. The van der Waals surface area contributed by atoms with Gasteiger partial charge in [0.25, 0.3) is 0 Å². The van der Waals surface area contributed by atoms with Gasteiger partial charge in [-0.2, -0.15) is 0 Å². The molecule has 0 fully saturated rings. The van der Waals surface area contributed by atoms with Crippen LogP contribution in [0.1, 0.15) is 65.9 Å². The first kappa shape index (κ1) is 29.3. The molecule has 1 unspecified atom stereocenters. The molecule has 0 aliphatic heterocycles. The van der Waals surface area contributed by atoms with Gasteiger partial charge in [0.1, 0.15) is 11.5 Å². The molecule has 0 spiro atoms. The lowest BCUT2D eigenvalue weighted by atomic mass is 9.78. The number of ether oxygens (including phenoxy) is 2. The summed E-state index contributed by atoms with van der Waals surface area (Å²) in [5.74, 6) is 0.110. The number of hydrogen-bond acceptors (Lipinski definition) is 5. The lowest BCUT2D eigenvalue weighted by molar-refractivity contribution is -0.151. The van der Waals surface area contributed by atoms with Crippen molar-refractivity contribution in [3.05, 3.63) is 47.0 Å². The molecular formula is C28H39ClN2O5. The fourth-order valence-electron chi connectivity index (χ4n) is 3.76. The minimum Gasteiger partial charge on any atom is -0.494 e. The number of amides is 1. The third kappa shape index (κ3) is 8.63. The second-order valence-electron chi connectivity index (χ2n) is 9.49. The molecule has 198 valence electrons. The van der Waals surface area contributed by atoms with E-state index < -0.39 is 11.4 Å². The topological polar surface area (TPSA) is 96.9 Å². The van der Waals surface area contributed by atoms with Gasteiger partial charge in [0.15, 0.2) is 0 Å². The average Bonchev–Trinajstić information content (AvgIpc) is 2.82. The van der Waals surface area contributed by atoms with E-state index in [0.717, 1.165) is 30.6 Å². The summed E-state index contributed by atoms with van der Waals surface area (Å²) in [7, 11) is 0. The molecular weight excluding hydrogens is 480 g/mol. The van der Waals surface area contributed by atoms with Crippen LogP contribution in [0.2, 0.25) is 5.02 Å². The molecule has 36 heavy (non-hydrogen) atoms. The second kappa shape index (κ2) is 14.0. The molecule has 0 heterocycles. The molecule has 0 saturated heterocycles. The van der Waals surface area contributed by atoms with Crippen LogP contribution in [0.25, 0.3) is 0 Å². The number of carboxylic acid groups (broad SMARTS) is 1. The number of benzene rings is 2. The monoisotopic (exact) mass is 518 g/mol. The molecule has 0 aliphatic carbocycles. The van der Waals surface area contributed by atoms with Crippen LogP contribution in [0.3, 0.4) is 0 Å². The number of rotatable bonds is 15. The van der Waals surface area contributed by atoms with E-state index in [-0.39, 0.29) is 18.4 Å². The highest BCUT2D eigenvalue weighted by atomic mass is 35.5. The van der Waals surface area contributed by atoms with Crippen LogP contribution < -0.4 is 20.1 Å². The van der Waals surface area contributed by atoms with Crippen LogP contribution >= 0.6 is 11.6 Å². The number of carbonyl (C=O) groups is 2. The minimum absolute atomic E-state index is 0.164. The standard InChI is InChI=1S/C28H39ClN2O5/c1-6-8-9-14-35-22-11-10-20(24(29)15-22)17-30-26-16-23(12-13-25(26)31-19(3)32)36-18-21(7-2)28(4,5)27(33)34/h10-13,15-16,21,30H,6-9,14,17-18H2,1-5H3,(H,31,32)(H,33,34). The first-order valence-corrected chi connectivity index (χ1v) is 12.9. The zero-order valence-electron chi connectivity index (χ0n) is 21.9. The third-order valence-electron chi connectivity index (χ3n) is 6.33.